The molecular weight excluding hydrogens is 252 g/mol. The number of aliphatic hydroxyl groups is 1. The predicted octanol–water partition coefficient (Wildman–Crippen LogP) is 2.41. The fraction of sp³-hybridized carbons (Fsp3) is 0.231. The zero-order chi connectivity index (χ0) is 13.0. The van der Waals surface area contributed by atoms with Crippen molar-refractivity contribution in [2.75, 3.05) is 7.11 Å². The van der Waals surface area contributed by atoms with Crippen LogP contribution in [0.15, 0.2) is 36.8 Å². The van der Waals surface area contributed by atoms with Crippen molar-refractivity contribution < 1.29 is 9.84 Å². The van der Waals surface area contributed by atoms with Gasteiger partial charge in [-0.25, -0.2) is 4.98 Å². The van der Waals surface area contributed by atoms with Crippen LogP contribution >= 0.6 is 11.6 Å². The zero-order valence-electron chi connectivity index (χ0n) is 9.88. The minimum Gasteiger partial charge on any atom is -0.481 e. The fourth-order valence-electron chi connectivity index (χ4n) is 1.72. The van der Waals surface area contributed by atoms with Crippen molar-refractivity contribution in [1.82, 2.24) is 9.97 Å². The highest BCUT2D eigenvalue weighted by Crippen LogP contribution is 2.27. The largest absolute Gasteiger partial charge is 0.481 e. The number of hydrogen-bond acceptors (Lipinski definition) is 4. The second-order valence-electron chi connectivity index (χ2n) is 3.79. The summed E-state index contributed by atoms with van der Waals surface area (Å²) >= 11 is 6.01. The number of methoxy groups -OCH3 is 1. The van der Waals surface area contributed by atoms with Crippen molar-refractivity contribution in [2.24, 2.45) is 0 Å². The molecule has 0 radical (unpaired) electrons. The minimum absolute atomic E-state index is 0.392. The van der Waals surface area contributed by atoms with Crippen LogP contribution in [-0.2, 0) is 6.42 Å². The molecule has 1 unspecified atom stereocenters. The number of hydrogen-bond donors (Lipinski definition) is 1. The van der Waals surface area contributed by atoms with Crippen LogP contribution in [0, 0.1) is 0 Å². The van der Waals surface area contributed by atoms with E-state index >= 15 is 0 Å². The minimum atomic E-state index is -0.714. The highest BCUT2D eigenvalue weighted by molar-refractivity contribution is 6.31. The molecule has 0 spiro atoms. The van der Waals surface area contributed by atoms with Crippen molar-refractivity contribution >= 4 is 11.6 Å². The maximum absolute atomic E-state index is 10.2. The molecule has 0 aliphatic rings. The van der Waals surface area contributed by atoms with E-state index in [2.05, 4.69) is 9.97 Å². The van der Waals surface area contributed by atoms with Crippen molar-refractivity contribution in [3.05, 3.63) is 52.9 Å². The van der Waals surface area contributed by atoms with Crippen LogP contribution in [0.25, 0.3) is 0 Å². The highest BCUT2D eigenvalue weighted by atomic mass is 35.5. The fourth-order valence-corrected chi connectivity index (χ4v) is 1.91. The summed E-state index contributed by atoms with van der Waals surface area (Å²) in [6.07, 6.45) is 4.50. The maximum atomic E-state index is 10.2. The third kappa shape index (κ3) is 2.78. The van der Waals surface area contributed by atoms with Crippen molar-refractivity contribution in [1.29, 1.82) is 0 Å². The third-order valence-electron chi connectivity index (χ3n) is 2.62. The second-order valence-corrected chi connectivity index (χ2v) is 4.20. The quantitative estimate of drug-likeness (QED) is 0.921. The molecule has 0 aromatic carbocycles. The lowest BCUT2D eigenvalue weighted by atomic mass is 10.0. The molecule has 2 aromatic rings. The van der Waals surface area contributed by atoms with Crippen LogP contribution in [0.5, 0.6) is 5.88 Å². The molecule has 2 heterocycles. The zero-order valence-corrected chi connectivity index (χ0v) is 10.6. The van der Waals surface area contributed by atoms with Gasteiger partial charge < -0.3 is 9.84 Å². The third-order valence-corrected chi connectivity index (χ3v) is 2.96. The van der Waals surface area contributed by atoms with Gasteiger partial charge in [0.25, 0.3) is 0 Å². The number of nitrogens with zero attached hydrogens (tertiary/aromatic N) is 2. The van der Waals surface area contributed by atoms with E-state index in [-0.39, 0.29) is 0 Å². The van der Waals surface area contributed by atoms with E-state index in [0.29, 0.717) is 22.9 Å². The van der Waals surface area contributed by atoms with E-state index in [9.17, 15) is 5.11 Å². The van der Waals surface area contributed by atoms with Gasteiger partial charge in [-0.05, 0) is 23.8 Å². The van der Waals surface area contributed by atoms with Crippen LogP contribution < -0.4 is 4.74 Å². The van der Waals surface area contributed by atoms with Crippen LogP contribution in [0.2, 0.25) is 5.02 Å². The summed E-state index contributed by atoms with van der Waals surface area (Å²) in [5.41, 5.74) is 1.48. The van der Waals surface area contributed by atoms with E-state index in [0.717, 1.165) is 5.56 Å². The topological polar surface area (TPSA) is 55.2 Å². The normalized spacial score (nSPS) is 12.2. The molecule has 5 heteroatoms. The number of halogens is 1. The van der Waals surface area contributed by atoms with E-state index < -0.39 is 6.10 Å². The Morgan fingerprint density at radius 3 is 2.94 bits per heavy atom. The van der Waals surface area contributed by atoms with Gasteiger partial charge in [-0.2, -0.15) is 0 Å². The van der Waals surface area contributed by atoms with Gasteiger partial charge in [0.05, 0.1) is 18.2 Å². The number of ether oxygens (including phenoxy) is 1. The smallest absolute Gasteiger partial charge is 0.218 e. The molecule has 0 fully saturated rings. The molecule has 94 valence electrons. The molecule has 1 N–H and O–H groups in total. The summed E-state index contributed by atoms with van der Waals surface area (Å²) in [6, 6.07) is 5.33. The Labute approximate surface area is 110 Å². The first kappa shape index (κ1) is 12.8. The monoisotopic (exact) mass is 264 g/mol. The van der Waals surface area contributed by atoms with Crippen LogP contribution in [0.3, 0.4) is 0 Å². The van der Waals surface area contributed by atoms with Gasteiger partial charge >= 0.3 is 0 Å². The number of pyridine rings is 2. The molecule has 0 saturated carbocycles. The Bertz CT molecular complexity index is 534. The molecule has 0 saturated heterocycles. The van der Waals surface area contributed by atoms with E-state index in [1.54, 1.807) is 36.8 Å². The Morgan fingerprint density at radius 2 is 2.22 bits per heavy atom. The van der Waals surface area contributed by atoms with Gasteiger partial charge in [-0.3, -0.25) is 4.98 Å². The molecule has 2 rings (SSSR count). The summed E-state index contributed by atoms with van der Waals surface area (Å²) in [5, 5.41) is 10.8. The van der Waals surface area contributed by atoms with Gasteiger partial charge in [0, 0.05) is 30.6 Å². The van der Waals surface area contributed by atoms with E-state index in [1.807, 2.05) is 0 Å². The van der Waals surface area contributed by atoms with E-state index in [4.69, 9.17) is 16.3 Å². The average Bonchev–Trinajstić information content (AvgIpc) is 2.41. The molecule has 1 atom stereocenters. The van der Waals surface area contributed by atoms with Gasteiger partial charge in [-0.1, -0.05) is 11.6 Å². The van der Waals surface area contributed by atoms with E-state index in [1.165, 1.54) is 7.11 Å². The van der Waals surface area contributed by atoms with Crippen molar-refractivity contribution in [3.63, 3.8) is 0 Å². The van der Waals surface area contributed by atoms with Gasteiger partial charge in [0.1, 0.15) is 0 Å². The summed E-state index contributed by atoms with van der Waals surface area (Å²) in [6.45, 7) is 0. The second kappa shape index (κ2) is 5.80. The van der Waals surface area contributed by atoms with Crippen LogP contribution in [0.1, 0.15) is 17.2 Å². The predicted molar refractivity (Wildman–Crippen MR) is 68.7 cm³/mol. The SMILES string of the molecule is COc1ncccc1C(O)Cc1ccncc1Cl. The van der Waals surface area contributed by atoms with Crippen LogP contribution in [0.4, 0.5) is 0 Å². The molecular formula is C13H13ClN2O2. The number of aromatic nitrogens is 2. The number of rotatable bonds is 4. The van der Waals surface area contributed by atoms with Crippen LogP contribution in [-0.4, -0.2) is 22.2 Å². The highest BCUT2D eigenvalue weighted by Gasteiger charge is 2.15. The lowest BCUT2D eigenvalue weighted by Gasteiger charge is -2.14. The molecule has 2 aromatic heterocycles. The molecule has 0 amide bonds. The Kier molecular flexibility index (Phi) is 4.12. The molecule has 18 heavy (non-hydrogen) atoms. The van der Waals surface area contributed by atoms with Gasteiger partial charge in [-0.15, -0.1) is 0 Å². The summed E-state index contributed by atoms with van der Waals surface area (Å²) in [4.78, 5) is 7.96. The first-order valence-electron chi connectivity index (χ1n) is 5.47. The maximum Gasteiger partial charge on any atom is 0.218 e. The first-order valence-corrected chi connectivity index (χ1v) is 5.85. The lowest BCUT2D eigenvalue weighted by Crippen LogP contribution is -2.05. The Balaban J connectivity index is 2.22. The average molecular weight is 265 g/mol. The first-order chi connectivity index (χ1) is 8.72. The molecule has 4 nitrogen and oxygen atoms in total. The van der Waals surface area contributed by atoms with Crippen molar-refractivity contribution in [3.8, 4) is 5.88 Å². The van der Waals surface area contributed by atoms with Gasteiger partial charge in [0.2, 0.25) is 5.88 Å². The lowest BCUT2D eigenvalue weighted by molar-refractivity contribution is 0.173. The summed E-state index contributed by atoms with van der Waals surface area (Å²) in [5.74, 6) is 0.426. The van der Waals surface area contributed by atoms with Crippen molar-refractivity contribution in [2.45, 2.75) is 12.5 Å². The summed E-state index contributed by atoms with van der Waals surface area (Å²) in [7, 11) is 1.53. The Hall–Kier alpha value is -1.65. The van der Waals surface area contributed by atoms with Gasteiger partial charge in [0.15, 0.2) is 0 Å². The molecule has 0 aliphatic carbocycles. The summed E-state index contributed by atoms with van der Waals surface area (Å²) < 4.78 is 5.12. The number of aliphatic hydroxyl groups excluding tert-OH is 1. The molecule has 0 bridgehead atoms. The molecule has 0 aliphatic heterocycles. The Morgan fingerprint density at radius 1 is 1.39 bits per heavy atom. The standard InChI is InChI=1S/C13H13ClN2O2/c1-18-13-10(3-2-5-16-13)12(17)7-9-4-6-15-8-11(9)14/h2-6,8,12,17H,7H2,1H3.